The number of fused-ring (bicyclic) bond motifs is 2. The van der Waals surface area contributed by atoms with Crippen molar-refractivity contribution in [3.8, 4) is 45.0 Å². The van der Waals surface area contributed by atoms with E-state index in [4.69, 9.17) is 38.1 Å². The summed E-state index contributed by atoms with van der Waals surface area (Å²) in [4.78, 5) is 0. The zero-order valence-corrected chi connectivity index (χ0v) is 30.2. The average molecular weight is 806 g/mol. The highest BCUT2D eigenvalue weighted by atomic mass is 35.5. The van der Waals surface area contributed by atoms with Crippen molar-refractivity contribution >= 4 is 45.3 Å². The second-order valence-electron chi connectivity index (χ2n) is 12.7. The van der Waals surface area contributed by atoms with Crippen LogP contribution in [0.5, 0.6) is 0 Å². The van der Waals surface area contributed by atoms with E-state index in [1.807, 2.05) is 133 Å². The van der Waals surface area contributed by atoms with E-state index in [1.165, 1.54) is 0 Å². The van der Waals surface area contributed by atoms with Crippen LogP contribution in [0, 0.1) is 0 Å². The van der Waals surface area contributed by atoms with Crippen LogP contribution in [0.15, 0.2) is 121 Å². The van der Waals surface area contributed by atoms with Crippen LogP contribution in [0.25, 0.3) is 67.1 Å². The van der Waals surface area contributed by atoms with Gasteiger partial charge in [-0.2, -0.15) is 10.2 Å². The van der Waals surface area contributed by atoms with Gasteiger partial charge in [-0.05, 0) is 13.3 Å². The third-order valence-corrected chi connectivity index (χ3v) is 9.97. The van der Waals surface area contributed by atoms with E-state index < -0.39 is 0 Å². The monoisotopic (exact) mass is 804 g/mol. The zero-order chi connectivity index (χ0) is 36.3. The van der Waals surface area contributed by atoms with E-state index >= 15 is 0 Å². The lowest BCUT2D eigenvalue weighted by Gasteiger charge is -2.09. The Hall–Kier alpha value is -5.52. The second-order valence-corrected chi connectivity index (χ2v) is 13.5. The number of rotatable bonds is 7. The maximum Gasteiger partial charge on any atom is 0.182 e. The molecule has 1 aliphatic rings. The molecule has 1 saturated heterocycles. The van der Waals surface area contributed by atoms with Gasteiger partial charge in [-0.15, -0.1) is 20.4 Å². The molecule has 2 atom stereocenters. The van der Waals surface area contributed by atoms with Gasteiger partial charge in [0.1, 0.15) is 22.8 Å². The van der Waals surface area contributed by atoms with Gasteiger partial charge >= 0.3 is 0 Å². The molecular weight excluding hydrogens is 755 g/mol. The Bertz CT molecular complexity index is 2490. The highest BCUT2D eigenvalue weighted by Crippen LogP contribution is 2.40. The van der Waals surface area contributed by atoms with Crippen LogP contribution in [0.1, 0.15) is 55.1 Å². The van der Waals surface area contributed by atoms with Crippen molar-refractivity contribution in [1.29, 1.82) is 0 Å². The van der Waals surface area contributed by atoms with E-state index in [2.05, 4.69) is 20.4 Å². The molecule has 8 aromatic rings. The third-order valence-electron chi connectivity index (χ3n) is 9.24. The Balaban J connectivity index is 0.000000236. The Morgan fingerprint density at radius 2 is 1.00 bits per heavy atom. The van der Waals surface area contributed by atoms with E-state index in [0.29, 0.717) is 39.3 Å². The third kappa shape index (κ3) is 8.60. The molecule has 9 rings (SSSR count). The van der Waals surface area contributed by atoms with Crippen LogP contribution in [-0.2, 0) is 4.74 Å². The smallest absolute Gasteiger partial charge is 0.182 e. The number of benzene rings is 4. The standard InChI is InChI=1S/C21H17ClN4O.C20H17ClN4O.4CH4/c22-18-17-19(14-7-3-1-4-8-14)25-26(16-11-12-27-13-16)21(17)24-23-20(18)15-9-5-2-6-10-15;1-13(12-26)25-20-16(18(24-25)14-8-4-2-5-9-14)17(21)19(22-23-20)15-10-6-3-7-11-15;;;;/h1-10,16H,11-13H2;2-11,13,26H,12H2,1H3;4*1H4. The van der Waals surface area contributed by atoms with E-state index in [-0.39, 0.29) is 48.4 Å². The topological polar surface area (TPSA) is 117 Å². The molecule has 0 radical (unpaired) electrons. The van der Waals surface area contributed by atoms with Gasteiger partial charge in [-0.25, -0.2) is 9.36 Å². The van der Waals surface area contributed by atoms with Gasteiger partial charge in [0.25, 0.3) is 0 Å². The van der Waals surface area contributed by atoms with Crippen LogP contribution in [0.4, 0.5) is 0 Å². The highest BCUT2D eigenvalue weighted by molar-refractivity contribution is 6.39. The zero-order valence-electron chi connectivity index (χ0n) is 28.7. The van der Waals surface area contributed by atoms with Crippen LogP contribution < -0.4 is 0 Å². The molecular formula is C45H50Cl2N8O2. The fourth-order valence-electron chi connectivity index (χ4n) is 6.48. The van der Waals surface area contributed by atoms with Crippen molar-refractivity contribution in [2.45, 2.75) is 55.1 Å². The lowest BCUT2D eigenvalue weighted by atomic mass is 10.1. The first-order valence-corrected chi connectivity index (χ1v) is 18.1. The fourth-order valence-corrected chi connectivity index (χ4v) is 7.12. The summed E-state index contributed by atoms with van der Waals surface area (Å²) in [5.74, 6) is 0. The quantitative estimate of drug-likeness (QED) is 0.169. The largest absolute Gasteiger partial charge is 0.394 e. The van der Waals surface area contributed by atoms with Gasteiger partial charge in [0.15, 0.2) is 11.3 Å². The minimum atomic E-state index is -0.233. The molecule has 12 heteroatoms. The average Bonchev–Trinajstić information content (AvgIpc) is 3.98. The van der Waals surface area contributed by atoms with Crippen molar-refractivity contribution < 1.29 is 9.84 Å². The van der Waals surface area contributed by atoms with Gasteiger partial charge in [0.2, 0.25) is 0 Å². The predicted octanol–water partition coefficient (Wildman–Crippen LogP) is 11.7. The number of halogens is 2. The Kier molecular flexibility index (Phi) is 15.2. The first-order chi connectivity index (χ1) is 26.0. The van der Waals surface area contributed by atoms with E-state index in [9.17, 15) is 5.11 Å². The SMILES string of the molecule is C.C.C.C.CC(CO)n1nc(-c2ccccc2)c2c(Cl)c(-c3ccccc3)nnc21.Clc1c(-c2ccccc2)nnc2c1c(-c1ccccc1)nn2C1CCOC1. The van der Waals surface area contributed by atoms with Gasteiger partial charge in [-0.3, -0.25) is 0 Å². The molecule has 10 nitrogen and oxygen atoms in total. The molecule has 57 heavy (non-hydrogen) atoms. The molecule has 1 N–H and O–H groups in total. The summed E-state index contributed by atoms with van der Waals surface area (Å²) in [5.41, 5.74) is 7.90. The molecule has 1 fully saturated rings. The minimum absolute atomic E-state index is 0. The second kappa shape index (κ2) is 19.6. The summed E-state index contributed by atoms with van der Waals surface area (Å²) < 4.78 is 9.17. The summed E-state index contributed by atoms with van der Waals surface area (Å²) in [6, 6.07) is 39.4. The molecule has 0 bridgehead atoms. The van der Waals surface area contributed by atoms with Crippen LogP contribution in [-0.4, -0.2) is 64.9 Å². The summed E-state index contributed by atoms with van der Waals surface area (Å²) in [6.07, 6.45) is 0.907. The molecule has 0 spiro atoms. The number of aliphatic hydroxyl groups excluding tert-OH is 1. The van der Waals surface area contributed by atoms with Gasteiger partial charge in [0, 0.05) is 28.9 Å². The minimum Gasteiger partial charge on any atom is -0.394 e. The van der Waals surface area contributed by atoms with Gasteiger partial charge in [0.05, 0.1) is 46.1 Å². The predicted molar refractivity (Wildman–Crippen MR) is 236 cm³/mol. The van der Waals surface area contributed by atoms with Crippen molar-refractivity contribution in [2.24, 2.45) is 0 Å². The molecule has 0 saturated carbocycles. The molecule has 0 aliphatic carbocycles. The first-order valence-electron chi connectivity index (χ1n) is 17.3. The summed E-state index contributed by atoms with van der Waals surface area (Å²) in [5, 5.41) is 39.5. The lowest BCUT2D eigenvalue weighted by molar-refractivity contribution is 0.185. The van der Waals surface area contributed by atoms with Gasteiger partial charge < -0.3 is 9.84 Å². The lowest BCUT2D eigenvalue weighted by Crippen LogP contribution is -2.11. The number of nitrogens with zero attached hydrogens (tertiary/aromatic N) is 8. The first kappa shape index (κ1) is 44.2. The number of ether oxygens (including phenoxy) is 1. The van der Waals surface area contributed by atoms with E-state index in [0.717, 1.165) is 57.4 Å². The molecule has 0 amide bonds. The van der Waals surface area contributed by atoms with Crippen LogP contribution in [0.3, 0.4) is 0 Å². The molecule has 5 heterocycles. The maximum atomic E-state index is 9.59. The number of aromatic nitrogens is 8. The maximum absolute atomic E-state index is 9.59. The van der Waals surface area contributed by atoms with E-state index in [1.54, 1.807) is 4.68 Å². The van der Waals surface area contributed by atoms with Crippen LogP contribution in [0.2, 0.25) is 10.0 Å². The number of aliphatic hydroxyl groups is 1. The fraction of sp³-hybridized carbons (Fsp3) is 0.244. The molecule has 296 valence electrons. The van der Waals surface area contributed by atoms with Crippen molar-refractivity contribution in [2.75, 3.05) is 19.8 Å². The van der Waals surface area contributed by atoms with Crippen molar-refractivity contribution in [1.82, 2.24) is 40.0 Å². The van der Waals surface area contributed by atoms with Crippen molar-refractivity contribution in [3.63, 3.8) is 0 Å². The Labute approximate surface area is 345 Å². The number of hydrogen-bond acceptors (Lipinski definition) is 8. The molecule has 1 aliphatic heterocycles. The molecule has 4 aromatic carbocycles. The summed E-state index contributed by atoms with van der Waals surface area (Å²) in [7, 11) is 0. The van der Waals surface area contributed by atoms with Crippen LogP contribution >= 0.6 is 23.2 Å². The summed E-state index contributed by atoms with van der Waals surface area (Å²) in [6.45, 7) is 3.19. The Morgan fingerprint density at radius 3 is 1.42 bits per heavy atom. The van der Waals surface area contributed by atoms with Crippen molar-refractivity contribution in [3.05, 3.63) is 131 Å². The highest BCUT2D eigenvalue weighted by Gasteiger charge is 2.27. The normalized spacial score (nSPS) is 13.6. The Morgan fingerprint density at radius 1 is 0.596 bits per heavy atom. The molecule has 2 unspecified atom stereocenters. The number of hydrogen-bond donors (Lipinski definition) is 1. The van der Waals surface area contributed by atoms with Gasteiger partial charge in [-0.1, -0.05) is 174 Å². The summed E-state index contributed by atoms with van der Waals surface area (Å²) >= 11 is 13.6. The molecule has 4 aromatic heterocycles.